The molecule has 0 aromatic heterocycles. The molecule has 112 valence electrons. The van der Waals surface area contributed by atoms with Gasteiger partial charge in [-0.1, -0.05) is 13.3 Å². The number of nitrogens with one attached hydrogen (secondary N) is 1. The molecule has 0 aromatic rings. The largest absolute Gasteiger partial charge is 0.480 e. The van der Waals surface area contributed by atoms with Crippen LogP contribution >= 0.6 is 0 Å². The first-order valence-corrected chi connectivity index (χ1v) is 7.99. The number of aliphatic carboxylic acids is 1. The number of carbonyl (C=O) groups is 1. The number of rotatable bonds is 7. The number of piperidine rings is 1. The van der Waals surface area contributed by atoms with Gasteiger partial charge in [0.05, 0.1) is 6.10 Å². The fourth-order valence-electron chi connectivity index (χ4n) is 2.16. The summed E-state index contributed by atoms with van der Waals surface area (Å²) in [6, 6.07) is -1.01. The third-order valence-electron chi connectivity index (χ3n) is 3.17. The van der Waals surface area contributed by atoms with E-state index in [1.54, 1.807) is 0 Å². The first-order valence-electron chi connectivity index (χ1n) is 6.55. The highest BCUT2D eigenvalue weighted by atomic mass is 32.2. The molecule has 7 nitrogen and oxygen atoms in total. The molecule has 2 atom stereocenters. The third kappa shape index (κ3) is 4.72. The summed E-state index contributed by atoms with van der Waals surface area (Å²) >= 11 is 0. The molecule has 0 radical (unpaired) electrons. The van der Waals surface area contributed by atoms with Crippen molar-refractivity contribution in [3.63, 3.8) is 0 Å². The van der Waals surface area contributed by atoms with Gasteiger partial charge in [0.15, 0.2) is 0 Å². The standard InChI is InChI=1S/C11H22N2O5S/c1-2-5-9(14)8-12-19(17,18)13-7-4-3-6-10(13)11(15)16/h9-10,12,14H,2-8H2,1H3,(H,15,16). The fourth-order valence-corrected chi connectivity index (χ4v) is 3.63. The zero-order chi connectivity index (χ0) is 14.5. The summed E-state index contributed by atoms with van der Waals surface area (Å²) in [5.41, 5.74) is 0. The Balaban J connectivity index is 2.66. The van der Waals surface area contributed by atoms with Gasteiger partial charge < -0.3 is 10.2 Å². The van der Waals surface area contributed by atoms with E-state index in [2.05, 4.69) is 4.72 Å². The van der Waals surface area contributed by atoms with E-state index < -0.39 is 28.3 Å². The summed E-state index contributed by atoms with van der Waals surface area (Å²) in [7, 11) is -3.85. The lowest BCUT2D eigenvalue weighted by Crippen LogP contribution is -2.53. The van der Waals surface area contributed by atoms with Crippen molar-refractivity contribution in [3.05, 3.63) is 0 Å². The van der Waals surface area contributed by atoms with Gasteiger partial charge in [-0.25, -0.2) is 0 Å². The van der Waals surface area contributed by atoms with Gasteiger partial charge >= 0.3 is 5.97 Å². The number of aliphatic hydroxyl groups is 1. The number of hydrogen-bond acceptors (Lipinski definition) is 4. The van der Waals surface area contributed by atoms with Gasteiger partial charge in [-0.2, -0.15) is 17.4 Å². The quantitative estimate of drug-likeness (QED) is 0.609. The molecule has 0 aliphatic carbocycles. The maximum Gasteiger partial charge on any atom is 0.322 e. The molecule has 19 heavy (non-hydrogen) atoms. The molecule has 0 saturated carbocycles. The van der Waals surface area contributed by atoms with Gasteiger partial charge in [-0.15, -0.1) is 0 Å². The van der Waals surface area contributed by atoms with E-state index in [9.17, 15) is 18.3 Å². The van der Waals surface area contributed by atoms with E-state index in [1.165, 1.54) is 0 Å². The maximum absolute atomic E-state index is 12.0. The lowest BCUT2D eigenvalue weighted by molar-refractivity contribution is -0.142. The second kappa shape index (κ2) is 7.18. The van der Waals surface area contributed by atoms with Crippen LogP contribution in [0.4, 0.5) is 0 Å². The molecule has 1 aliphatic rings. The zero-order valence-electron chi connectivity index (χ0n) is 11.1. The Morgan fingerprint density at radius 2 is 2.16 bits per heavy atom. The minimum absolute atomic E-state index is 0.0843. The van der Waals surface area contributed by atoms with Crippen LogP contribution in [-0.4, -0.2) is 54.1 Å². The van der Waals surface area contributed by atoms with Crippen molar-refractivity contribution in [2.45, 2.75) is 51.2 Å². The van der Waals surface area contributed by atoms with Crippen LogP contribution in [0.5, 0.6) is 0 Å². The monoisotopic (exact) mass is 294 g/mol. The zero-order valence-corrected chi connectivity index (χ0v) is 11.9. The van der Waals surface area contributed by atoms with Crippen molar-refractivity contribution in [2.24, 2.45) is 0 Å². The highest BCUT2D eigenvalue weighted by Gasteiger charge is 2.36. The lowest BCUT2D eigenvalue weighted by Gasteiger charge is -2.32. The van der Waals surface area contributed by atoms with E-state index in [0.29, 0.717) is 25.7 Å². The van der Waals surface area contributed by atoms with Gasteiger partial charge in [0.1, 0.15) is 6.04 Å². The molecule has 1 aliphatic heterocycles. The molecule has 0 aromatic carbocycles. The van der Waals surface area contributed by atoms with Crippen molar-refractivity contribution < 1.29 is 23.4 Å². The Hall–Kier alpha value is -0.700. The topological polar surface area (TPSA) is 107 Å². The molecule has 1 saturated heterocycles. The van der Waals surface area contributed by atoms with Crippen molar-refractivity contribution >= 4 is 16.2 Å². The molecule has 3 N–H and O–H groups in total. The van der Waals surface area contributed by atoms with Crippen molar-refractivity contribution in [1.82, 2.24) is 9.03 Å². The minimum atomic E-state index is -3.85. The number of carboxylic acids is 1. The van der Waals surface area contributed by atoms with E-state index in [4.69, 9.17) is 5.11 Å². The summed E-state index contributed by atoms with van der Waals surface area (Å²) < 4.78 is 27.4. The summed E-state index contributed by atoms with van der Waals surface area (Å²) in [6.45, 7) is 2.01. The third-order valence-corrected chi connectivity index (χ3v) is 4.76. The molecule has 8 heteroatoms. The Labute approximate surface area is 113 Å². The number of nitrogens with zero attached hydrogens (tertiary/aromatic N) is 1. The van der Waals surface area contributed by atoms with Crippen molar-refractivity contribution in [2.75, 3.05) is 13.1 Å². The van der Waals surface area contributed by atoms with Crippen LogP contribution in [0.25, 0.3) is 0 Å². The molecule has 1 heterocycles. The van der Waals surface area contributed by atoms with Crippen LogP contribution in [0.3, 0.4) is 0 Å². The highest BCUT2D eigenvalue weighted by Crippen LogP contribution is 2.19. The van der Waals surface area contributed by atoms with Crippen LogP contribution < -0.4 is 4.72 Å². The molecular formula is C11H22N2O5S. The average Bonchev–Trinajstić information content (AvgIpc) is 2.37. The van der Waals surface area contributed by atoms with E-state index in [-0.39, 0.29) is 13.1 Å². The van der Waals surface area contributed by atoms with Crippen LogP contribution in [0.1, 0.15) is 39.0 Å². The van der Waals surface area contributed by atoms with Gasteiger partial charge in [0, 0.05) is 13.1 Å². The van der Waals surface area contributed by atoms with Crippen molar-refractivity contribution in [1.29, 1.82) is 0 Å². The molecule has 0 spiro atoms. The maximum atomic E-state index is 12.0. The fraction of sp³-hybridized carbons (Fsp3) is 0.909. The van der Waals surface area contributed by atoms with Gasteiger partial charge in [-0.3, -0.25) is 4.79 Å². The van der Waals surface area contributed by atoms with Crippen LogP contribution in [-0.2, 0) is 15.0 Å². The first-order chi connectivity index (χ1) is 8.88. The minimum Gasteiger partial charge on any atom is -0.480 e. The van der Waals surface area contributed by atoms with Gasteiger partial charge in [-0.05, 0) is 25.7 Å². The van der Waals surface area contributed by atoms with Crippen molar-refractivity contribution in [3.8, 4) is 0 Å². The number of aliphatic hydroxyl groups excluding tert-OH is 1. The van der Waals surface area contributed by atoms with Crippen LogP contribution in [0.15, 0.2) is 0 Å². The molecule has 1 rings (SSSR count). The smallest absolute Gasteiger partial charge is 0.322 e. The van der Waals surface area contributed by atoms with Gasteiger partial charge in [0.2, 0.25) is 0 Å². The van der Waals surface area contributed by atoms with E-state index in [1.807, 2.05) is 6.92 Å². The molecular weight excluding hydrogens is 272 g/mol. The Morgan fingerprint density at radius 1 is 1.47 bits per heavy atom. The molecule has 0 bridgehead atoms. The van der Waals surface area contributed by atoms with E-state index in [0.717, 1.165) is 10.7 Å². The predicted molar refractivity (Wildman–Crippen MR) is 69.8 cm³/mol. The Kier molecular flexibility index (Phi) is 6.18. The summed E-state index contributed by atoms with van der Waals surface area (Å²) in [5, 5.41) is 18.6. The normalized spacial score (nSPS) is 23.2. The first kappa shape index (κ1) is 16.4. The van der Waals surface area contributed by atoms with E-state index >= 15 is 0 Å². The second-order valence-corrected chi connectivity index (χ2v) is 6.46. The molecule has 2 unspecified atom stereocenters. The number of hydrogen-bond donors (Lipinski definition) is 3. The lowest BCUT2D eigenvalue weighted by atomic mass is 10.1. The predicted octanol–water partition coefficient (Wildman–Crippen LogP) is -0.0791. The average molecular weight is 294 g/mol. The highest BCUT2D eigenvalue weighted by molar-refractivity contribution is 7.87. The second-order valence-electron chi connectivity index (χ2n) is 4.76. The van der Waals surface area contributed by atoms with Crippen LogP contribution in [0.2, 0.25) is 0 Å². The number of carboxylic acid groups (broad SMARTS) is 1. The Bertz CT molecular complexity index is 398. The molecule has 0 amide bonds. The van der Waals surface area contributed by atoms with Crippen LogP contribution in [0, 0.1) is 0 Å². The van der Waals surface area contributed by atoms with Gasteiger partial charge in [0.25, 0.3) is 10.2 Å². The molecule has 1 fully saturated rings. The Morgan fingerprint density at radius 3 is 2.74 bits per heavy atom. The summed E-state index contributed by atoms with van der Waals surface area (Å²) in [5.74, 6) is -1.13. The summed E-state index contributed by atoms with van der Waals surface area (Å²) in [6.07, 6.45) is 2.21. The SMILES string of the molecule is CCCC(O)CNS(=O)(=O)N1CCCCC1C(=O)O. The summed E-state index contributed by atoms with van der Waals surface area (Å²) in [4.78, 5) is 11.1.